The smallest absolute Gasteiger partial charge is 0.291 e. The van der Waals surface area contributed by atoms with E-state index in [1.165, 1.54) is 23.4 Å². The van der Waals surface area contributed by atoms with E-state index in [0.29, 0.717) is 12.3 Å². The first-order valence-corrected chi connectivity index (χ1v) is 8.96. The molecule has 1 N–H and O–H groups in total. The average molecular weight is 342 g/mol. The van der Waals surface area contributed by atoms with Crippen molar-refractivity contribution in [2.75, 3.05) is 6.54 Å². The molecule has 0 saturated carbocycles. The molecule has 7 nitrogen and oxygen atoms in total. The molecule has 124 valence electrons. The molecule has 0 saturated heterocycles. The molecule has 3 heterocycles. The summed E-state index contributed by atoms with van der Waals surface area (Å²) in [6.45, 7) is 2.43. The Balaban J connectivity index is 1.39. The Hall–Kier alpha value is -2.35. The first-order valence-electron chi connectivity index (χ1n) is 8.15. The van der Waals surface area contributed by atoms with Crippen LogP contribution in [0.4, 0.5) is 0 Å². The molecule has 0 spiro atoms. The van der Waals surface area contributed by atoms with Gasteiger partial charge in [0.2, 0.25) is 5.82 Å². The molecule has 0 aromatic carbocycles. The van der Waals surface area contributed by atoms with Crippen molar-refractivity contribution in [1.29, 1.82) is 0 Å². The van der Waals surface area contributed by atoms with Gasteiger partial charge in [-0.2, -0.15) is 4.98 Å². The standard InChI is InChI=1S/C16H18N6OS/c1-10-6-8-18-16-20-14(21-22(10)16)15(23)17-9-7-13-19-11-4-2-3-5-12(11)24-13/h6,8H,2-5,7,9H2,1H3,(H,17,23). The molecule has 0 aliphatic heterocycles. The minimum absolute atomic E-state index is 0.148. The summed E-state index contributed by atoms with van der Waals surface area (Å²) in [6, 6.07) is 1.83. The quantitative estimate of drug-likeness (QED) is 0.781. The van der Waals surface area contributed by atoms with E-state index in [0.717, 1.165) is 30.0 Å². The summed E-state index contributed by atoms with van der Waals surface area (Å²) in [7, 11) is 0. The summed E-state index contributed by atoms with van der Waals surface area (Å²) in [4.78, 5) is 26.6. The highest BCUT2D eigenvalue weighted by Crippen LogP contribution is 2.26. The van der Waals surface area contributed by atoms with Gasteiger partial charge < -0.3 is 5.32 Å². The van der Waals surface area contributed by atoms with Gasteiger partial charge in [0.15, 0.2) is 0 Å². The van der Waals surface area contributed by atoms with E-state index in [-0.39, 0.29) is 11.7 Å². The zero-order valence-electron chi connectivity index (χ0n) is 13.4. The third-order valence-electron chi connectivity index (χ3n) is 4.15. The minimum atomic E-state index is -0.277. The first-order chi connectivity index (χ1) is 11.7. The molecule has 4 rings (SSSR count). The molecule has 0 radical (unpaired) electrons. The number of carbonyl (C=O) groups excluding carboxylic acids is 1. The highest BCUT2D eigenvalue weighted by atomic mass is 32.1. The number of aryl methyl sites for hydroxylation is 3. The van der Waals surface area contributed by atoms with E-state index in [2.05, 4.69) is 25.4 Å². The first kappa shape index (κ1) is 15.2. The molecule has 0 bridgehead atoms. The van der Waals surface area contributed by atoms with E-state index in [9.17, 15) is 4.79 Å². The Bertz CT molecular complexity index is 876. The summed E-state index contributed by atoms with van der Waals surface area (Å²) < 4.78 is 1.57. The van der Waals surface area contributed by atoms with Crippen LogP contribution in [0.3, 0.4) is 0 Å². The average Bonchev–Trinajstić information content (AvgIpc) is 3.18. The third-order valence-corrected chi connectivity index (χ3v) is 5.36. The lowest BCUT2D eigenvalue weighted by Gasteiger charge is -2.06. The van der Waals surface area contributed by atoms with E-state index < -0.39 is 0 Å². The second-order valence-corrected chi connectivity index (χ2v) is 7.09. The van der Waals surface area contributed by atoms with Crippen molar-refractivity contribution in [3.05, 3.63) is 39.4 Å². The van der Waals surface area contributed by atoms with Crippen LogP contribution in [0.15, 0.2) is 12.3 Å². The molecule has 3 aromatic rings. The summed E-state index contributed by atoms with van der Waals surface area (Å²) >= 11 is 1.78. The number of nitrogens with one attached hydrogen (secondary N) is 1. The van der Waals surface area contributed by atoms with E-state index in [1.54, 1.807) is 22.0 Å². The van der Waals surface area contributed by atoms with Crippen molar-refractivity contribution in [3.63, 3.8) is 0 Å². The highest BCUT2D eigenvalue weighted by Gasteiger charge is 2.16. The number of hydrogen-bond acceptors (Lipinski definition) is 6. The van der Waals surface area contributed by atoms with Crippen molar-refractivity contribution in [2.45, 2.75) is 39.0 Å². The Morgan fingerprint density at radius 2 is 2.21 bits per heavy atom. The summed E-state index contributed by atoms with van der Waals surface area (Å²) in [6.07, 6.45) is 7.14. The molecular formula is C16H18N6OS. The van der Waals surface area contributed by atoms with Gasteiger partial charge in [-0.3, -0.25) is 4.79 Å². The molecule has 1 aliphatic rings. The van der Waals surface area contributed by atoms with Crippen molar-refractivity contribution in [2.24, 2.45) is 0 Å². The maximum Gasteiger partial charge on any atom is 0.291 e. The predicted octanol–water partition coefficient (Wildman–Crippen LogP) is 1.74. The van der Waals surface area contributed by atoms with Gasteiger partial charge in [0.05, 0.1) is 10.7 Å². The van der Waals surface area contributed by atoms with Gasteiger partial charge in [-0.15, -0.1) is 16.4 Å². The van der Waals surface area contributed by atoms with Gasteiger partial charge in [0, 0.05) is 29.7 Å². The van der Waals surface area contributed by atoms with Gasteiger partial charge in [-0.05, 0) is 38.7 Å². The fraction of sp³-hybridized carbons (Fsp3) is 0.438. The predicted molar refractivity (Wildman–Crippen MR) is 90.3 cm³/mol. The minimum Gasteiger partial charge on any atom is -0.349 e. The molecule has 0 fully saturated rings. The largest absolute Gasteiger partial charge is 0.349 e. The van der Waals surface area contributed by atoms with E-state index in [1.807, 2.05) is 13.0 Å². The summed E-state index contributed by atoms with van der Waals surface area (Å²) in [5.41, 5.74) is 2.15. The Kier molecular flexibility index (Phi) is 3.97. The van der Waals surface area contributed by atoms with Gasteiger partial charge in [0.25, 0.3) is 11.7 Å². The maximum absolute atomic E-state index is 12.2. The fourth-order valence-corrected chi connectivity index (χ4v) is 4.03. The van der Waals surface area contributed by atoms with Crippen LogP contribution < -0.4 is 5.32 Å². The number of amides is 1. The second-order valence-electron chi connectivity index (χ2n) is 5.92. The number of thiazole rings is 1. The van der Waals surface area contributed by atoms with Crippen molar-refractivity contribution < 1.29 is 4.79 Å². The van der Waals surface area contributed by atoms with Crippen molar-refractivity contribution in [1.82, 2.24) is 29.9 Å². The van der Waals surface area contributed by atoms with Gasteiger partial charge >= 0.3 is 0 Å². The van der Waals surface area contributed by atoms with E-state index >= 15 is 0 Å². The molecule has 0 atom stereocenters. The molecule has 8 heteroatoms. The maximum atomic E-state index is 12.2. The highest BCUT2D eigenvalue weighted by molar-refractivity contribution is 7.11. The molecule has 1 aliphatic carbocycles. The monoisotopic (exact) mass is 342 g/mol. The van der Waals surface area contributed by atoms with Crippen LogP contribution in [-0.4, -0.2) is 37.0 Å². The van der Waals surface area contributed by atoms with Gasteiger partial charge in [-0.1, -0.05) is 0 Å². The van der Waals surface area contributed by atoms with Crippen LogP contribution in [-0.2, 0) is 19.3 Å². The molecule has 3 aromatic heterocycles. The van der Waals surface area contributed by atoms with Crippen LogP contribution in [0, 0.1) is 6.92 Å². The number of nitrogens with zero attached hydrogens (tertiary/aromatic N) is 5. The fourth-order valence-electron chi connectivity index (χ4n) is 2.88. The summed E-state index contributed by atoms with van der Waals surface area (Å²) in [5, 5.41) is 8.18. The van der Waals surface area contributed by atoms with Crippen molar-refractivity contribution in [3.8, 4) is 0 Å². The number of carbonyl (C=O) groups is 1. The lowest BCUT2D eigenvalue weighted by Crippen LogP contribution is -2.26. The lowest BCUT2D eigenvalue weighted by molar-refractivity contribution is 0.0944. The van der Waals surface area contributed by atoms with Gasteiger partial charge in [-0.25, -0.2) is 14.5 Å². The summed E-state index contributed by atoms with van der Waals surface area (Å²) in [5.74, 6) is 0.309. The number of hydrogen-bond donors (Lipinski definition) is 1. The molecular weight excluding hydrogens is 324 g/mol. The zero-order valence-corrected chi connectivity index (χ0v) is 14.3. The SMILES string of the molecule is Cc1ccnc2nc(C(=O)NCCc3nc4c(s3)CCCC4)nn12. The van der Waals surface area contributed by atoms with Crippen LogP contribution >= 0.6 is 11.3 Å². The zero-order chi connectivity index (χ0) is 16.5. The van der Waals surface area contributed by atoms with Crippen LogP contribution in [0.1, 0.15) is 44.7 Å². The van der Waals surface area contributed by atoms with E-state index in [4.69, 9.17) is 0 Å². The van der Waals surface area contributed by atoms with Crippen molar-refractivity contribution >= 4 is 23.0 Å². The number of fused-ring (bicyclic) bond motifs is 2. The number of rotatable bonds is 4. The number of aromatic nitrogens is 5. The Labute approximate surface area is 143 Å². The molecule has 1 amide bonds. The topological polar surface area (TPSA) is 85.1 Å². The molecule has 0 unspecified atom stereocenters. The van der Waals surface area contributed by atoms with Gasteiger partial charge in [0.1, 0.15) is 0 Å². The second kappa shape index (κ2) is 6.27. The normalized spacial score (nSPS) is 13.9. The molecule has 24 heavy (non-hydrogen) atoms. The Morgan fingerprint density at radius 3 is 3.04 bits per heavy atom. The van der Waals surface area contributed by atoms with Crippen LogP contribution in [0.25, 0.3) is 5.78 Å². The van der Waals surface area contributed by atoms with Crippen LogP contribution in [0.2, 0.25) is 0 Å². The lowest BCUT2D eigenvalue weighted by atomic mass is 10.0. The van der Waals surface area contributed by atoms with Crippen LogP contribution in [0.5, 0.6) is 0 Å². The Morgan fingerprint density at radius 1 is 1.33 bits per heavy atom. The third kappa shape index (κ3) is 2.89.